The summed E-state index contributed by atoms with van der Waals surface area (Å²) < 4.78 is 5.57. The highest BCUT2D eigenvalue weighted by Crippen LogP contribution is 2.35. The number of aliphatic hydroxyl groups is 1. The summed E-state index contributed by atoms with van der Waals surface area (Å²) in [5, 5.41) is 11.5. The van der Waals surface area contributed by atoms with Gasteiger partial charge in [0.1, 0.15) is 5.60 Å². The van der Waals surface area contributed by atoms with Crippen molar-refractivity contribution < 1.29 is 14.6 Å². The molecule has 1 fully saturated rings. The summed E-state index contributed by atoms with van der Waals surface area (Å²) in [7, 11) is 0. The van der Waals surface area contributed by atoms with Gasteiger partial charge in [-0.1, -0.05) is 13.8 Å². The Labute approximate surface area is 161 Å². The number of anilines is 1. The summed E-state index contributed by atoms with van der Waals surface area (Å²) in [5.41, 5.74) is 1.12. The van der Waals surface area contributed by atoms with E-state index in [1.54, 1.807) is 12.3 Å². The smallest absolute Gasteiger partial charge is 0.339 e. The van der Waals surface area contributed by atoms with Gasteiger partial charge in [0.05, 0.1) is 16.7 Å². The van der Waals surface area contributed by atoms with Gasteiger partial charge in [-0.05, 0) is 52.0 Å². The van der Waals surface area contributed by atoms with Gasteiger partial charge in [-0.2, -0.15) is 0 Å². The summed E-state index contributed by atoms with van der Waals surface area (Å²) in [6.45, 7) is 13.2. The molecule has 5 nitrogen and oxygen atoms in total. The van der Waals surface area contributed by atoms with Crippen molar-refractivity contribution in [3.63, 3.8) is 0 Å². The molecule has 3 rings (SSSR count). The molecule has 0 bridgehead atoms. The molecule has 1 saturated heterocycles. The molecule has 146 valence electrons. The second-order valence-corrected chi connectivity index (χ2v) is 8.99. The first-order chi connectivity index (χ1) is 12.5. The number of esters is 1. The van der Waals surface area contributed by atoms with Crippen LogP contribution >= 0.6 is 0 Å². The Morgan fingerprint density at radius 3 is 2.44 bits per heavy atom. The maximum Gasteiger partial charge on any atom is 0.339 e. The highest BCUT2D eigenvalue weighted by atomic mass is 16.6. The minimum atomic E-state index is -0.670. The molecule has 0 aliphatic carbocycles. The van der Waals surface area contributed by atoms with Gasteiger partial charge in [0.15, 0.2) is 0 Å². The zero-order chi connectivity index (χ0) is 20.0. The van der Waals surface area contributed by atoms with Crippen LogP contribution in [0.15, 0.2) is 30.5 Å². The number of hydrogen-bond donors (Lipinski definition) is 1. The summed E-state index contributed by atoms with van der Waals surface area (Å²) in [6, 6.07) is 7.71. The van der Waals surface area contributed by atoms with Crippen LogP contribution in [0.2, 0.25) is 0 Å². The Hall–Kier alpha value is -2.14. The van der Waals surface area contributed by atoms with Gasteiger partial charge in [-0.3, -0.25) is 4.98 Å². The van der Waals surface area contributed by atoms with Crippen LogP contribution in [0.1, 0.15) is 51.9 Å². The van der Waals surface area contributed by atoms with Crippen molar-refractivity contribution >= 4 is 22.6 Å². The number of benzene rings is 1. The Kier molecular flexibility index (Phi) is 4.93. The zero-order valence-corrected chi connectivity index (χ0v) is 17.1. The number of rotatable bonds is 2. The molecule has 27 heavy (non-hydrogen) atoms. The molecule has 3 atom stereocenters. The Bertz CT molecular complexity index is 840. The standard InChI is InChI=1S/C22H30N2O3/c1-14-12-24(13-15(2)22(14,6)26)16-7-8-19-18(11-16)17(9-10-23-19)20(25)27-21(3,4)5/h7-11,14-15,26H,12-13H2,1-6H3/t14-,15+,22-. The number of carbonyl (C=O) groups excluding carboxylic acids is 1. The van der Waals surface area contributed by atoms with Gasteiger partial charge >= 0.3 is 5.97 Å². The van der Waals surface area contributed by atoms with Crippen molar-refractivity contribution in [2.45, 2.75) is 52.7 Å². The largest absolute Gasteiger partial charge is 0.456 e. The first-order valence-electron chi connectivity index (χ1n) is 9.58. The normalized spacial score (nSPS) is 26.3. The number of fused-ring (bicyclic) bond motifs is 1. The first kappa shape index (κ1) is 19.6. The molecule has 1 aromatic heterocycles. The third kappa shape index (κ3) is 3.93. The van der Waals surface area contributed by atoms with E-state index in [4.69, 9.17) is 4.74 Å². The number of hydrogen-bond acceptors (Lipinski definition) is 5. The quantitative estimate of drug-likeness (QED) is 0.809. The second-order valence-electron chi connectivity index (χ2n) is 8.99. The molecule has 2 heterocycles. The van der Waals surface area contributed by atoms with Gasteiger partial charge in [-0.25, -0.2) is 4.79 Å². The maximum atomic E-state index is 12.7. The van der Waals surface area contributed by atoms with Gasteiger partial charge in [-0.15, -0.1) is 0 Å². The molecule has 0 amide bonds. The van der Waals surface area contributed by atoms with Crippen LogP contribution in [0, 0.1) is 11.8 Å². The van der Waals surface area contributed by atoms with Gasteiger partial charge in [0.2, 0.25) is 0 Å². The molecule has 1 N–H and O–H groups in total. The summed E-state index contributed by atoms with van der Waals surface area (Å²) >= 11 is 0. The molecular formula is C22H30N2O3. The van der Waals surface area contributed by atoms with Crippen molar-refractivity contribution in [3.05, 3.63) is 36.0 Å². The van der Waals surface area contributed by atoms with E-state index in [1.807, 2.05) is 45.9 Å². The highest BCUT2D eigenvalue weighted by molar-refractivity contribution is 6.04. The molecule has 0 radical (unpaired) electrons. The van der Waals surface area contributed by atoms with E-state index in [-0.39, 0.29) is 17.8 Å². The Morgan fingerprint density at radius 1 is 1.22 bits per heavy atom. The highest BCUT2D eigenvalue weighted by Gasteiger charge is 2.40. The number of aromatic nitrogens is 1. The maximum absolute atomic E-state index is 12.7. The van der Waals surface area contributed by atoms with Gasteiger partial charge in [0, 0.05) is 42.2 Å². The second kappa shape index (κ2) is 6.79. The molecule has 1 aliphatic rings. The van der Waals surface area contributed by atoms with Gasteiger partial charge < -0.3 is 14.7 Å². The number of piperidine rings is 1. The van der Waals surface area contributed by atoms with Crippen LogP contribution in [-0.2, 0) is 4.74 Å². The van der Waals surface area contributed by atoms with Crippen molar-refractivity contribution in [3.8, 4) is 0 Å². The number of ether oxygens (including phenoxy) is 1. The van der Waals surface area contributed by atoms with Crippen LogP contribution in [0.3, 0.4) is 0 Å². The molecule has 0 saturated carbocycles. The molecule has 0 spiro atoms. The predicted molar refractivity (Wildman–Crippen MR) is 108 cm³/mol. The van der Waals surface area contributed by atoms with Crippen molar-refractivity contribution in [1.29, 1.82) is 0 Å². The van der Waals surface area contributed by atoms with E-state index < -0.39 is 11.2 Å². The van der Waals surface area contributed by atoms with E-state index in [0.29, 0.717) is 5.56 Å². The van der Waals surface area contributed by atoms with Crippen LogP contribution in [0.4, 0.5) is 5.69 Å². The fraction of sp³-hybridized carbons (Fsp3) is 0.545. The lowest BCUT2D eigenvalue weighted by molar-refractivity contribution is -0.0503. The third-order valence-electron chi connectivity index (χ3n) is 5.69. The SMILES string of the molecule is C[C@@H]1CN(c2ccc3nccc(C(=O)OC(C)(C)C)c3c2)C[C@H](C)[C@]1(C)O. The van der Waals surface area contributed by atoms with E-state index >= 15 is 0 Å². The lowest BCUT2D eigenvalue weighted by atomic mass is 9.76. The van der Waals surface area contributed by atoms with Crippen molar-refractivity contribution in [1.82, 2.24) is 4.98 Å². The van der Waals surface area contributed by atoms with Crippen LogP contribution in [0.5, 0.6) is 0 Å². The molecule has 0 unspecified atom stereocenters. The average Bonchev–Trinajstić information content (AvgIpc) is 2.57. The fourth-order valence-electron chi connectivity index (χ4n) is 3.64. The van der Waals surface area contributed by atoms with Crippen LogP contribution in [-0.4, -0.2) is 40.4 Å². The topological polar surface area (TPSA) is 62.7 Å². The number of nitrogens with zero attached hydrogens (tertiary/aromatic N) is 2. The molecule has 1 aliphatic heterocycles. The number of carbonyl (C=O) groups is 1. The third-order valence-corrected chi connectivity index (χ3v) is 5.69. The molecule has 5 heteroatoms. The monoisotopic (exact) mass is 370 g/mol. The van der Waals surface area contributed by atoms with Crippen molar-refractivity contribution in [2.75, 3.05) is 18.0 Å². The number of pyridine rings is 1. The van der Waals surface area contributed by atoms with Gasteiger partial charge in [0.25, 0.3) is 0 Å². The minimum absolute atomic E-state index is 0.149. The lowest BCUT2D eigenvalue weighted by Crippen LogP contribution is -2.54. The summed E-state index contributed by atoms with van der Waals surface area (Å²) in [5.74, 6) is -0.0392. The zero-order valence-electron chi connectivity index (χ0n) is 17.1. The Balaban J connectivity index is 1.98. The van der Waals surface area contributed by atoms with E-state index in [2.05, 4.69) is 23.7 Å². The van der Waals surface area contributed by atoms with Crippen LogP contribution in [0.25, 0.3) is 10.9 Å². The predicted octanol–water partition coefficient (Wildman–Crippen LogP) is 4.03. The minimum Gasteiger partial charge on any atom is -0.456 e. The van der Waals surface area contributed by atoms with E-state index in [9.17, 15) is 9.90 Å². The summed E-state index contributed by atoms with van der Waals surface area (Å²) in [6.07, 6.45) is 1.64. The van der Waals surface area contributed by atoms with Crippen LogP contribution < -0.4 is 4.90 Å². The van der Waals surface area contributed by atoms with E-state index in [0.717, 1.165) is 29.7 Å². The van der Waals surface area contributed by atoms with Crippen molar-refractivity contribution in [2.24, 2.45) is 11.8 Å². The Morgan fingerprint density at radius 2 is 1.85 bits per heavy atom. The first-order valence-corrected chi connectivity index (χ1v) is 9.58. The summed E-state index contributed by atoms with van der Waals surface area (Å²) in [4.78, 5) is 19.3. The lowest BCUT2D eigenvalue weighted by Gasteiger charge is -2.46. The molecule has 1 aromatic carbocycles. The average molecular weight is 370 g/mol. The fourth-order valence-corrected chi connectivity index (χ4v) is 3.64. The molecular weight excluding hydrogens is 340 g/mol. The molecule has 2 aromatic rings. The van der Waals surface area contributed by atoms with E-state index in [1.165, 1.54) is 0 Å².